The van der Waals surface area contributed by atoms with E-state index in [0.717, 1.165) is 18.4 Å². The van der Waals surface area contributed by atoms with E-state index in [9.17, 15) is 4.79 Å². The van der Waals surface area contributed by atoms with E-state index in [1.54, 1.807) is 6.08 Å². The number of aliphatic carboxylic acids is 1. The van der Waals surface area contributed by atoms with E-state index >= 15 is 0 Å². The Morgan fingerprint density at radius 2 is 1.64 bits per heavy atom. The van der Waals surface area contributed by atoms with Crippen molar-refractivity contribution in [3.05, 3.63) is 81.4 Å². The molecule has 0 atom stereocenters. The van der Waals surface area contributed by atoms with Gasteiger partial charge in [-0.25, -0.2) is 4.79 Å². The second-order valence-electron chi connectivity index (χ2n) is 8.15. The van der Waals surface area contributed by atoms with Crippen LogP contribution in [-0.4, -0.2) is 11.1 Å². The molecule has 2 aromatic carbocycles. The van der Waals surface area contributed by atoms with Crippen LogP contribution in [0, 0.1) is 26.7 Å². The summed E-state index contributed by atoms with van der Waals surface area (Å²) in [7, 11) is 0. The monoisotopic (exact) mass is 376 g/mol. The van der Waals surface area contributed by atoms with Crippen LogP contribution in [0.1, 0.15) is 60.6 Å². The molecule has 0 bridgehead atoms. The van der Waals surface area contributed by atoms with Crippen molar-refractivity contribution >= 4 is 17.6 Å². The Kier molecular flexibility index (Phi) is 7.39. The van der Waals surface area contributed by atoms with Crippen LogP contribution in [0.5, 0.6) is 0 Å². The summed E-state index contributed by atoms with van der Waals surface area (Å²) >= 11 is 0. The summed E-state index contributed by atoms with van der Waals surface area (Å²) in [5, 5.41) is 8.86. The van der Waals surface area contributed by atoms with E-state index in [-0.39, 0.29) is 0 Å². The Morgan fingerprint density at radius 1 is 1.04 bits per heavy atom. The zero-order chi connectivity index (χ0) is 20.8. The molecule has 0 heterocycles. The van der Waals surface area contributed by atoms with Crippen molar-refractivity contribution in [2.75, 3.05) is 0 Å². The van der Waals surface area contributed by atoms with Crippen LogP contribution >= 0.6 is 0 Å². The van der Waals surface area contributed by atoms with Gasteiger partial charge in [0.1, 0.15) is 0 Å². The highest BCUT2D eigenvalue weighted by atomic mass is 16.4. The number of hydrogen-bond acceptors (Lipinski definition) is 1. The standard InChI is InChI=1S/C26H32O2/c1-17(2)13-25(23-10-8-7-9-18(23)3)21(6)16-24-19(4)14-22(15-20(24)5)11-12-26(27)28/h7-12,14-15,17H,13,16H2,1-6H3,(H,27,28)/b12-11+,25-21+. The van der Waals surface area contributed by atoms with Crippen LogP contribution in [0.25, 0.3) is 11.6 Å². The molecule has 148 valence electrons. The highest BCUT2D eigenvalue weighted by Crippen LogP contribution is 2.31. The summed E-state index contributed by atoms with van der Waals surface area (Å²) in [5.74, 6) is -0.329. The minimum Gasteiger partial charge on any atom is -0.478 e. The number of rotatable bonds is 7. The van der Waals surface area contributed by atoms with Crippen LogP contribution in [0.3, 0.4) is 0 Å². The third-order valence-corrected chi connectivity index (χ3v) is 5.18. The number of carboxylic acids is 1. The molecule has 2 nitrogen and oxygen atoms in total. The first-order valence-corrected chi connectivity index (χ1v) is 9.94. The van der Waals surface area contributed by atoms with Gasteiger partial charge in [-0.15, -0.1) is 0 Å². The highest BCUT2D eigenvalue weighted by Gasteiger charge is 2.13. The van der Waals surface area contributed by atoms with Gasteiger partial charge in [-0.05, 0) is 91.5 Å². The molecule has 0 aliphatic heterocycles. The van der Waals surface area contributed by atoms with Gasteiger partial charge in [-0.3, -0.25) is 0 Å². The molecule has 28 heavy (non-hydrogen) atoms. The first-order valence-electron chi connectivity index (χ1n) is 9.94. The third kappa shape index (κ3) is 5.69. The van der Waals surface area contributed by atoms with Gasteiger partial charge in [-0.2, -0.15) is 0 Å². The lowest BCUT2D eigenvalue weighted by molar-refractivity contribution is -0.131. The van der Waals surface area contributed by atoms with E-state index < -0.39 is 5.97 Å². The summed E-state index contributed by atoms with van der Waals surface area (Å²) < 4.78 is 0. The highest BCUT2D eigenvalue weighted by molar-refractivity contribution is 5.85. The minimum atomic E-state index is -0.922. The number of carboxylic acid groups (broad SMARTS) is 1. The molecule has 2 aromatic rings. The molecule has 1 N–H and O–H groups in total. The van der Waals surface area contributed by atoms with Gasteiger partial charge >= 0.3 is 5.97 Å². The second kappa shape index (κ2) is 9.54. The number of allylic oxidation sites excluding steroid dienone is 2. The zero-order valence-corrected chi connectivity index (χ0v) is 18.0. The maximum Gasteiger partial charge on any atom is 0.328 e. The predicted molar refractivity (Wildman–Crippen MR) is 120 cm³/mol. The SMILES string of the molecule is C/C(Cc1c(C)cc(/C=C/C(=O)O)cc1C)=C(/CC(C)C)c1ccccc1C. The lowest BCUT2D eigenvalue weighted by atomic mass is 9.86. The van der Waals surface area contributed by atoms with Crippen molar-refractivity contribution < 1.29 is 9.90 Å². The van der Waals surface area contributed by atoms with Crippen molar-refractivity contribution in [1.29, 1.82) is 0 Å². The van der Waals surface area contributed by atoms with Gasteiger partial charge in [0.25, 0.3) is 0 Å². The molecule has 0 radical (unpaired) electrons. The lowest BCUT2D eigenvalue weighted by Crippen LogP contribution is -2.02. The Bertz CT molecular complexity index is 891. The molecule has 2 heteroatoms. The van der Waals surface area contributed by atoms with Crippen LogP contribution in [-0.2, 0) is 11.2 Å². The number of carbonyl (C=O) groups is 1. The van der Waals surface area contributed by atoms with Crippen molar-refractivity contribution in [1.82, 2.24) is 0 Å². The zero-order valence-electron chi connectivity index (χ0n) is 18.0. The van der Waals surface area contributed by atoms with Crippen LogP contribution in [0.4, 0.5) is 0 Å². The fourth-order valence-electron chi connectivity index (χ4n) is 3.78. The van der Waals surface area contributed by atoms with Crippen molar-refractivity contribution in [3.8, 4) is 0 Å². The fourth-order valence-corrected chi connectivity index (χ4v) is 3.78. The lowest BCUT2D eigenvalue weighted by Gasteiger charge is -2.19. The molecule has 0 aromatic heterocycles. The van der Waals surface area contributed by atoms with E-state index in [1.165, 1.54) is 45.0 Å². The molecule has 0 aliphatic carbocycles. The maximum atomic E-state index is 10.8. The average molecular weight is 377 g/mol. The van der Waals surface area contributed by atoms with E-state index in [2.05, 4.69) is 77.9 Å². The second-order valence-corrected chi connectivity index (χ2v) is 8.15. The summed E-state index contributed by atoms with van der Waals surface area (Å²) in [6, 6.07) is 12.8. The largest absolute Gasteiger partial charge is 0.478 e. The molecule has 0 aliphatic rings. The first kappa shape index (κ1) is 21.7. The first-order chi connectivity index (χ1) is 13.2. The van der Waals surface area contributed by atoms with Crippen LogP contribution < -0.4 is 0 Å². The van der Waals surface area contributed by atoms with Crippen molar-refractivity contribution in [3.63, 3.8) is 0 Å². The summed E-state index contributed by atoms with van der Waals surface area (Å²) in [6.07, 6.45) is 4.83. The van der Waals surface area contributed by atoms with Gasteiger partial charge in [0, 0.05) is 6.08 Å². The minimum absolute atomic E-state index is 0.593. The molecule has 0 fully saturated rings. The van der Waals surface area contributed by atoms with Gasteiger partial charge in [0.15, 0.2) is 0 Å². The van der Waals surface area contributed by atoms with E-state index in [1.807, 2.05) is 0 Å². The van der Waals surface area contributed by atoms with Crippen molar-refractivity contribution in [2.45, 2.75) is 54.4 Å². The normalized spacial score (nSPS) is 12.5. The molecule has 0 unspecified atom stereocenters. The maximum absolute atomic E-state index is 10.8. The number of benzene rings is 2. The Hall–Kier alpha value is -2.61. The number of aryl methyl sites for hydroxylation is 3. The number of hydrogen-bond donors (Lipinski definition) is 1. The van der Waals surface area contributed by atoms with Gasteiger partial charge in [0.05, 0.1) is 0 Å². The van der Waals surface area contributed by atoms with E-state index in [4.69, 9.17) is 5.11 Å². The molecular weight excluding hydrogens is 344 g/mol. The Labute approximate surface area is 169 Å². The molecule has 0 saturated heterocycles. The van der Waals surface area contributed by atoms with Gasteiger partial charge < -0.3 is 5.11 Å². The summed E-state index contributed by atoms with van der Waals surface area (Å²) in [6.45, 7) is 13.2. The topological polar surface area (TPSA) is 37.3 Å². The predicted octanol–water partition coefficient (Wildman–Crippen LogP) is 6.77. The molecule has 0 spiro atoms. The van der Waals surface area contributed by atoms with Gasteiger partial charge in [0.2, 0.25) is 0 Å². The molecule has 0 amide bonds. The van der Waals surface area contributed by atoms with Crippen LogP contribution in [0.15, 0.2) is 48.0 Å². The summed E-state index contributed by atoms with van der Waals surface area (Å²) in [5.41, 5.74) is 10.2. The van der Waals surface area contributed by atoms with Crippen LogP contribution in [0.2, 0.25) is 0 Å². The molecule has 0 saturated carbocycles. The Morgan fingerprint density at radius 3 is 2.18 bits per heavy atom. The Balaban J connectivity index is 2.45. The average Bonchev–Trinajstić information content (AvgIpc) is 2.61. The fraction of sp³-hybridized carbons (Fsp3) is 0.346. The summed E-state index contributed by atoms with van der Waals surface area (Å²) in [4.78, 5) is 10.8. The smallest absolute Gasteiger partial charge is 0.328 e. The van der Waals surface area contributed by atoms with E-state index in [0.29, 0.717) is 5.92 Å². The third-order valence-electron chi connectivity index (χ3n) is 5.18. The van der Waals surface area contributed by atoms with Crippen molar-refractivity contribution in [2.24, 2.45) is 5.92 Å². The van der Waals surface area contributed by atoms with Gasteiger partial charge in [-0.1, -0.05) is 55.8 Å². The molecular formula is C26H32O2. The quantitative estimate of drug-likeness (QED) is 0.541. The molecule has 2 rings (SSSR count).